The Morgan fingerprint density at radius 3 is 2.65 bits per heavy atom. The molecule has 0 bridgehead atoms. The van der Waals surface area contributed by atoms with E-state index in [1.807, 2.05) is 18.9 Å². The molecule has 0 aliphatic carbocycles. The van der Waals surface area contributed by atoms with Crippen LogP contribution >= 0.6 is 0 Å². The monoisotopic (exact) mass is 232 g/mol. The van der Waals surface area contributed by atoms with Gasteiger partial charge in [-0.05, 0) is 19.8 Å². The van der Waals surface area contributed by atoms with Crippen LogP contribution < -0.4 is 0 Å². The maximum atomic E-state index is 12.2. The molecule has 1 amide bonds. The van der Waals surface area contributed by atoms with Gasteiger partial charge in [-0.1, -0.05) is 0 Å². The molecule has 0 radical (unpaired) electrons. The number of aromatic nitrogens is 2. The largest absolute Gasteiger partial charge is 0.338 e. The third-order valence-corrected chi connectivity index (χ3v) is 3.43. The summed E-state index contributed by atoms with van der Waals surface area (Å²) in [7, 11) is 1.83. The fourth-order valence-electron chi connectivity index (χ4n) is 2.09. The number of piperidine rings is 1. The summed E-state index contributed by atoms with van der Waals surface area (Å²) < 4.78 is 1.70. The lowest BCUT2D eigenvalue weighted by molar-refractivity contribution is 0.0706. The van der Waals surface area contributed by atoms with Crippen molar-refractivity contribution in [2.24, 2.45) is 13.0 Å². The van der Waals surface area contributed by atoms with Crippen LogP contribution in [-0.4, -0.2) is 33.7 Å². The summed E-state index contributed by atoms with van der Waals surface area (Å²) in [6.45, 7) is 3.24. The minimum atomic E-state index is 0.0342. The van der Waals surface area contributed by atoms with Crippen LogP contribution in [0, 0.1) is 24.2 Å². The number of likely N-dealkylation sites (tertiary alicyclic amines) is 1. The third-order valence-electron chi connectivity index (χ3n) is 3.43. The fraction of sp³-hybridized carbons (Fsp3) is 0.583. The van der Waals surface area contributed by atoms with Crippen molar-refractivity contribution in [1.82, 2.24) is 14.7 Å². The molecule has 1 aromatic rings. The second-order valence-corrected chi connectivity index (χ2v) is 4.46. The molecule has 0 spiro atoms. The predicted molar refractivity (Wildman–Crippen MR) is 62.2 cm³/mol. The highest BCUT2D eigenvalue weighted by Crippen LogP contribution is 2.19. The second-order valence-electron chi connectivity index (χ2n) is 4.46. The van der Waals surface area contributed by atoms with Crippen molar-refractivity contribution in [1.29, 1.82) is 5.26 Å². The maximum Gasteiger partial charge on any atom is 0.257 e. The average Bonchev–Trinajstić information content (AvgIpc) is 2.69. The molecule has 1 fully saturated rings. The van der Waals surface area contributed by atoms with Gasteiger partial charge < -0.3 is 4.90 Å². The summed E-state index contributed by atoms with van der Waals surface area (Å²) in [5.74, 6) is 0.140. The first-order valence-electron chi connectivity index (χ1n) is 5.81. The molecule has 5 heteroatoms. The number of hydrogen-bond donors (Lipinski definition) is 0. The van der Waals surface area contributed by atoms with Crippen molar-refractivity contribution in [3.8, 4) is 6.07 Å². The van der Waals surface area contributed by atoms with E-state index in [-0.39, 0.29) is 11.8 Å². The Bertz CT molecular complexity index is 463. The van der Waals surface area contributed by atoms with Crippen LogP contribution in [0.2, 0.25) is 0 Å². The number of hydrogen-bond acceptors (Lipinski definition) is 3. The van der Waals surface area contributed by atoms with Crippen molar-refractivity contribution in [2.45, 2.75) is 19.8 Å². The summed E-state index contributed by atoms with van der Waals surface area (Å²) in [5, 5.41) is 12.9. The van der Waals surface area contributed by atoms with E-state index in [0.29, 0.717) is 18.7 Å². The SMILES string of the molecule is Cc1c(C(=O)N2CCC(C#N)CC2)cnn1C. The van der Waals surface area contributed by atoms with E-state index in [4.69, 9.17) is 5.26 Å². The van der Waals surface area contributed by atoms with Gasteiger partial charge in [-0.2, -0.15) is 10.4 Å². The van der Waals surface area contributed by atoms with Gasteiger partial charge in [0.05, 0.1) is 17.8 Å². The van der Waals surface area contributed by atoms with E-state index in [1.54, 1.807) is 10.9 Å². The molecular formula is C12H16N4O. The van der Waals surface area contributed by atoms with Gasteiger partial charge in [-0.25, -0.2) is 0 Å². The standard InChI is InChI=1S/C12H16N4O/c1-9-11(8-14-15(9)2)12(17)16-5-3-10(7-13)4-6-16/h8,10H,3-6H2,1-2H3. The predicted octanol–water partition coefficient (Wildman–Crippen LogP) is 1.10. The molecule has 2 heterocycles. The van der Waals surface area contributed by atoms with Crippen molar-refractivity contribution in [3.05, 3.63) is 17.5 Å². The summed E-state index contributed by atoms with van der Waals surface area (Å²) in [6.07, 6.45) is 3.18. The molecule has 1 aliphatic heterocycles. The zero-order valence-electron chi connectivity index (χ0n) is 10.2. The molecule has 90 valence electrons. The average molecular weight is 232 g/mol. The number of rotatable bonds is 1. The second kappa shape index (κ2) is 4.58. The van der Waals surface area contributed by atoms with E-state index in [1.165, 1.54) is 0 Å². The number of nitriles is 1. The Morgan fingerprint density at radius 2 is 2.18 bits per heavy atom. The lowest BCUT2D eigenvalue weighted by Crippen LogP contribution is -2.38. The van der Waals surface area contributed by atoms with Gasteiger partial charge in [0.25, 0.3) is 5.91 Å². The lowest BCUT2D eigenvalue weighted by atomic mass is 9.98. The number of aryl methyl sites for hydroxylation is 1. The van der Waals surface area contributed by atoms with Gasteiger partial charge in [0.1, 0.15) is 0 Å². The smallest absolute Gasteiger partial charge is 0.257 e. The number of amides is 1. The minimum absolute atomic E-state index is 0.0342. The van der Waals surface area contributed by atoms with Gasteiger partial charge in [0.2, 0.25) is 0 Å². The van der Waals surface area contributed by atoms with E-state index in [2.05, 4.69) is 11.2 Å². The Hall–Kier alpha value is -1.83. The van der Waals surface area contributed by atoms with Gasteiger partial charge in [-0.3, -0.25) is 9.48 Å². The first kappa shape index (κ1) is 11.6. The minimum Gasteiger partial charge on any atom is -0.338 e. The van der Waals surface area contributed by atoms with Gasteiger partial charge in [0, 0.05) is 31.7 Å². The maximum absolute atomic E-state index is 12.2. The Kier molecular flexibility index (Phi) is 3.14. The molecule has 0 aromatic carbocycles. The van der Waals surface area contributed by atoms with Crippen molar-refractivity contribution in [2.75, 3.05) is 13.1 Å². The first-order chi connectivity index (χ1) is 8.13. The van der Waals surface area contributed by atoms with Crippen LogP contribution in [0.15, 0.2) is 6.20 Å². The molecule has 5 nitrogen and oxygen atoms in total. The van der Waals surface area contributed by atoms with Crippen molar-refractivity contribution in [3.63, 3.8) is 0 Å². The van der Waals surface area contributed by atoms with Crippen LogP contribution in [0.5, 0.6) is 0 Å². The normalized spacial score (nSPS) is 16.9. The summed E-state index contributed by atoms with van der Waals surface area (Å²) in [4.78, 5) is 14.0. The quantitative estimate of drug-likeness (QED) is 0.728. The molecule has 2 rings (SSSR count). The Morgan fingerprint density at radius 1 is 1.53 bits per heavy atom. The summed E-state index contributed by atoms with van der Waals surface area (Å²) >= 11 is 0. The highest BCUT2D eigenvalue weighted by atomic mass is 16.2. The topological polar surface area (TPSA) is 61.9 Å². The van der Waals surface area contributed by atoms with Gasteiger partial charge in [-0.15, -0.1) is 0 Å². The number of nitrogens with zero attached hydrogens (tertiary/aromatic N) is 4. The van der Waals surface area contributed by atoms with Crippen LogP contribution in [0.25, 0.3) is 0 Å². The Balaban J connectivity index is 2.07. The molecule has 0 N–H and O–H groups in total. The molecule has 0 atom stereocenters. The third kappa shape index (κ3) is 2.16. The van der Waals surface area contributed by atoms with Crippen LogP contribution in [-0.2, 0) is 7.05 Å². The molecule has 17 heavy (non-hydrogen) atoms. The molecule has 0 unspecified atom stereocenters. The summed E-state index contributed by atoms with van der Waals surface area (Å²) in [5.41, 5.74) is 1.56. The number of carbonyl (C=O) groups excluding carboxylic acids is 1. The number of carbonyl (C=O) groups is 1. The van der Waals surface area contributed by atoms with Crippen molar-refractivity contribution < 1.29 is 4.79 Å². The first-order valence-corrected chi connectivity index (χ1v) is 5.81. The highest BCUT2D eigenvalue weighted by molar-refractivity contribution is 5.95. The van der Waals surface area contributed by atoms with E-state index >= 15 is 0 Å². The molecular weight excluding hydrogens is 216 g/mol. The van der Waals surface area contributed by atoms with Crippen LogP contribution in [0.4, 0.5) is 0 Å². The van der Waals surface area contributed by atoms with E-state index in [0.717, 1.165) is 18.5 Å². The molecule has 1 aromatic heterocycles. The summed E-state index contributed by atoms with van der Waals surface area (Å²) in [6, 6.07) is 2.26. The highest BCUT2D eigenvalue weighted by Gasteiger charge is 2.25. The van der Waals surface area contributed by atoms with Crippen molar-refractivity contribution >= 4 is 5.91 Å². The zero-order chi connectivity index (χ0) is 12.4. The molecule has 1 saturated heterocycles. The van der Waals surface area contributed by atoms with Gasteiger partial charge in [0.15, 0.2) is 0 Å². The van der Waals surface area contributed by atoms with Crippen LogP contribution in [0.3, 0.4) is 0 Å². The lowest BCUT2D eigenvalue weighted by Gasteiger charge is -2.29. The fourth-order valence-corrected chi connectivity index (χ4v) is 2.09. The molecule has 0 saturated carbocycles. The Labute approximate surface area is 101 Å². The van der Waals surface area contributed by atoms with Crippen LogP contribution in [0.1, 0.15) is 28.9 Å². The van der Waals surface area contributed by atoms with E-state index < -0.39 is 0 Å². The van der Waals surface area contributed by atoms with E-state index in [9.17, 15) is 4.79 Å². The zero-order valence-corrected chi connectivity index (χ0v) is 10.2. The van der Waals surface area contributed by atoms with Gasteiger partial charge >= 0.3 is 0 Å². The molecule has 1 aliphatic rings.